The zero-order valence-electron chi connectivity index (χ0n) is 10.5. The maximum absolute atomic E-state index is 13.8. The van der Waals surface area contributed by atoms with Crippen LogP contribution in [0.4, 0.5) is 10.2 Å². The molecule has 3 heterocycles. The van der Waals surface area contributed by atoms with Crippen molar-refractivity contribution in [3.8, 4) is 0 Å². The maximum atomic E-state index is 13.8. The Morgan fingerprint density at radius 1 is 1.63 bits per heavy atom. The molecule has 5 nitrogen and oxygen atoms in total. The van der Waals surface area contributed by atoms with E-state index in [-0.39, 0.29) is 23.5 Å². The number of hydrogen-bond acceptors (Lipinski definition) is 4. The van der Waals surface area contributed by atoms with Crippen molar-refractivity contribution in [2.24, 2.45) is 17.1 Å². The van der Waals surface area contributed by atoms with Crippen LogP contribution in [0, 0.1) is 17.2 Å². The number of carbonyl (C=O) groups excluding carboxylic acids is 1. The molecule has 0 aliphatic carbocycles. The molecular weight excluding hydrogens is 249 g/mol. The summed E-state index contributed by atoms with van der Waals surface area (Å²) in [5, 5.41) is 0. The molecule has 2 aliphatic heterocycles. The van der Waals surface area contributed by atoms with E-state index < -0.39 is 5.41 Å². The highest BCUT2D eigenvalue weighted by molar-refractivity contribution is 5.83. The smallest absolute Gasteiger partial charge is 0.225 e. The van der Waals surface area contributed by atoms with E-state index in [1.807, 2.05) is 0 Å². The summed E-state index contributed by atoms with van der Waals surface area (Å²) in [7, 11) is 0. The number of aromatic nitrogens is 1. The SMILES string of the molecule is NC(=O)[C@]12CCOC[C@H]1CN(c1ncccc1F)C2. The van der Waals surface area contributed by atoms with E-state index in [2.05, 4.69) is 4.98 Å². The van der Waals surface area contributed by atoms with Crippen molar-refractivity contribution in [1.82, 2.24) is 4.98 Å². The van der Waals surface area contributed by atoms with Gasteiger partial charge in [0.05, 0.1) is 12.0 Å². The molecule has 2 N–H and O–H groups in total. The zero-order chi connectivity index (χ0) is 13.5. The van der Waals surface area contributed by atoms with Gasteiger partial charge in [-0.1, -0.05) is 0 Å². The van der Waals surface area contributed by atoms with Crippen molar-refractivity contribution in [3.63, 3.8) is 0 Å². The normalized spacial score (nSPS) is 30.2. The first kappa shape index (κ1) is 12.3. The van der Waals surface area contributed by atoms with Gasteiger partial charge in [0.25, 0.3) is 0 Å². The molecule has 19 heavy (non-hydrogen) atoms. The average molecular weight is 265 g/mol. The van der Waals surface area contributed by atoms with Gasteiger partial charge in [-0.25, -0.2) is 9.37 Å². The molecule has 2 aliphatic rings. The summed E-state index contributed by atoms with van der Waals surface area (Å²) in [5.41, 5.74) is 4.98. The second-order valence-electron chi connectivity index (χ2n) is 5.23. The Morgan fingerprint density at radius 3 is 3.16 bits per heavy atom. The molecule has 1 aromatic rings. The number of hydrogen-bond donors (Lipinski definition) is 1. The number of anilines is 1. The van der Waals surface area contributed by atoms with E-state index in [0.29, 0.717) is 32.7 Å². The average Bonchev–Trinajstić information content (AvgIpc) is 2.79. The van der Waals surface area contributed by atoms with Crippen LogP contribution in [0.1, 0.15) is 6.42 Å². The maximum Gasteiger partial charge on any atom is 0.225 e. The van der Waals surface area contributed by atoms with E-state index in [9.17, 15) is 9.18 Å². The Kier molecular flexibility index (Phi) is 2.89. The summed E-state index contributed by atoms with van der Waals surface area (Å²) in [5.74, 6) is -0.390. The third kappa shape index (κ3) is 1.87. The van der Waals surface area contributed by atoms with Crippen molar-refractivity contribution < 1.29 is 13.9 Å². The van der Waals surface area contributed by atoms with Gasteiger partial charge >= 0.3 is 0 Å². The fraction of sp³-hybridized carbons (Fsp3) is 0.538. The van der Waals surface area contributed by atoms with Crippen molar-refractivity contribution in [1.29, 1.82) is 0 Å². The van der Waals surface area contributed by atoms with Crippen LogP contribution in [-0.2, 0) is 9.53 Å². The Hall–Kier alpha value is -1.69. The number of pyridine rings is 1. The van der Waals surface area contributed by atoms with Crippen LogP contribution in [0.2, 0.25) is 0 Å². The number of primary amides is 1. The Balaban J connectivity index is 1.92. The van der Waals surface area contributed by atoms with Crippen molar-refractivity contribution in [2.75, 3.05) is 31.2 Å². The first-order chi connectivity index (χ1) is 9.13. The lowest BCUT2D eigenvalue weighted by molar-refractivity contribution is -0.135. The molecule has 0 unspecified atom stereocenters. The summed E-state index contributed by atoms with van der Waals surface area (Å²) < 4.78 is 19.2. The molecule has 2 saturated heterocycles. The number of nitrogens with two attached hydrogens (primary N) is 1. The predicted octanol–water partition coefficient (Wildman–Crippen LogP) is 0.549. The molecule has 0 spiro atoms. The molecule has 102 valence electrons. The fourth-order valence-electron chi connectivity index (χ4n) is 3.12. The number of halogens is 1. The van der Waals surface area contributed by atoms with Gasteiger partial charge in [0.2, 0.25) is 5.91 Å². The zero-order valence-corrected chi connectivity index (χ0v) is 10.5. The van der Waals surface area contributed by atoms with Gasteiger partial charge in [0, 0.05) is 31.8 Å². The number of amides is 1. The molecule has 0 radical (unpaired) electrons. The lowest BCUT2D eigenvalue weighted by Crippen LogP contribution is -2.48. The molecule has 0 saturated carbocycles. The van der Waals surface area contributed by atoms with Crippen LogP contribution >= 0.6 is 0 Å². The predicted molar refractivity (Wildman–Crippen MR) is 67.0 cm³/mol. The van der Waals surface area contributed by atoms with Crippen LogP contribution in [0.3, 0.4) is 0 Å². The van der Waals surface area contributed by atoms with Gasteiger partial charge in [0.15, 0.2) is 11.6 Å². The number of nitrogens with zero attached hydrogens (tertiary/aromatic N) is 2. The molecule has 1 amide bonds. The van der Waals surface area contributed by atoms with Crippen LogP contribution in [-0.4, -0.2) is 37.2 Å². The van der Waals surface area contributed by atoms with E-state index in [0.717, 1.165) is 0 Å². The highest BCUT2D eigenvalue weighted by Gasteiger charge is 2.53. The second kappa shape index (κ2) is 4.45. The van der Waals surface area contributed by atoms with E-state index in [4.69, 9.17) is 10.5 Å². The van der Waals surface area contributed by atoms with E-state index in [1.165, 1.54) is 6.07 Å². The van der Waals surface area contributed by atoms with Crippen LogP contribution in [0.15, 0.2) is 18.3 Å². The first-order valence-electron chi connectivity index (χ1n) is 6.36. The lowest BCUT2D eigenvalue weighted by Gasteiger charge is -2.35. The quantitative estimate of drug-likeness (QED) is 0.848. The number of ether oxygens (including phenoxy) is 1. The minimum atomic E-state index is -0.609. The highest BCUT2D eigenvalue weighted by Crippen LogP contribution is 2.43. The largest absolute Gasteiger partial charge is 0.381 e. The van der Waals surface area contributed by atoms with Gasteiger partial charge in [-0.2, -0.15) is 0 Å². The number of rotatable bonds is 2. The monoisotopic (exact) mass is 265 g/mol. The van der Waals surface area contributed by atoms with Gasteiger partial charge in [0.1, 0.15) is 0 Å². The van der Waals surface area contributed by atoms with E-state index in [1.54, 1.807) is 17.2 Å². The number of carbonyl (C=O) groups is 1. The van der Waals surface area contributed by atoms with E-state index >= 15 is 0 Å². The molecule has 2 fully saturated rings. The molecule has 1 aromatic heterocycles. The second-order valence-corrected chi connectivity index (χ2v) is 5.23. The summed E-state index contributed by atoms with van der Waals surface area (Å²) >= 11 is 0. The van der Waals surface area contributed by atoms with Crippen molar-refractivity contribution >= 4 is 11.7 Å². The minimum absolute atomic E-state index is 0.0140. The Morgan fingerprint density at radius 2 is 2.47 bits per heavy atom. The van der Waals surface area contributed by atoms with Crippen LogP contribution in [0.5, 0.6) is 0 Å². The summed E-state index contributed by atoms with van der Waals surface area (Å²) in [6, 6.07) is 2.92. The molecular formula is C13H16FN3O2. The van der Waals surface area contributed by atoms with Gasteiger partial charge in [-0.3, -0.25) is 4.79 Å². The topological polar surface area (TPSA) is 68.5 Å². The summed E-state index contributed by atoms with van der Waals surface area (Å²) in [6.45, 7) is 1.99. The Bertz CT molecular complexity index is 510. The van der Waals surface area contributed by atoms with Gasteiger partial charge < -0.3 is 15.4 Å². The number of fused-ring (bicyclic) bond motifs is 1. The summed E-state index contributed by atoms with van der Waals surface area (Å²) in [4.78, 5) is 17.7. The fourth-order valence-corrected chi connectivity index (χ4v) is 3.12. The van der Waals surface area contributed by atoms with Crippen molar-refractivity contribution in [3.05, 3.63) is 24.1 Å². The highest BCUT2D eigenvalue weighted by atomic mass is 19.1. The van der Waals surface area contributed by atoms with Crippen LogP contribution < -0.4 is 10.6 Å². The molecule has 0 aromatic carbocycles. The standard InChI is InChI=1S/C13H16FN3O2/c14-10-2-1-4-16-11(10)17-6-9-7-19-5-3-13(9,8-17)12(15)18/h1-2,4,9H,3,5-8H2,(H2,15,18)/t9-,13+/m1/s1. The summed E-state index contributed by atoms with van der Waals surface area (Å²) in [6.07, 6.45) is 2.14. The van der Waals surface area contributed by atoms with Gasteiger partial charge in [-0.15, -0.1) is 0 Å². The van der Waals surface area contributed by atoms with Crippen molar-refractivity contribution in [2.45, 2.75) is 6.42 Å². The Labute approximate surface area is 110 Å². The molecule has 6 heteroatoms. The molecule has 2 atom stereocenters. The third-order valence-corrected chi connectivity index (χ3v) is 4.24. The third-order valence-electron chi connectivity index (χ3n) is 4.24. The minimum Gasteiger partial charge on any atom is -0.381 e. The van der Waals surface area contributed by atoms with Gasteiger partial charge in [-0.05, 0) is 18.6 Å². The molecule has 0 bridgehead atoms. The lowest BCUT2D eigenvalue weighted by atomic mass is 9.74. The molecule has 3 rings (SSSR count). The van der Waals surface area contributed by atoms with Crippen LogP contribution in [0.25, 0.3) is 0 Å². The first-order valence-corrected chi connectivity index (χ1v) is 6.36.